The molecule has 6 nitrogen and oxygen atoms in total. The third-order valence-electron chi connectivity index (χ3n) is 3.56. The number of aromatic nitrogens is 3. The Kier molecular flexibility index (Phi) is 7.71. The Morgan fingerprint density at radius 2 is 2.18 bits per heavy atom. The molecule has 1 aliphatic heterocycles. The first-order valence-electron chi connectivity index (χ1n) is 6.94. The van der Waals surface area contributed by atoms with Gasteiger partial charge in [-0.3, -0.25) is 4.90 Å². The number of piperidine rings is 1. The van der Waals surface area contributed by atoms with E-state index in [2.05, 4.69) is 25.4 Å². The van der Waals surface area contributed by atoms with Gasteiger partial charge in [-0.2, -0.15) is 4.98 Å². The van der Waals surface area contributed by atoms with Gasteiger partial charge in [0.2, 0.25) is 5.89 Å². The molecule has 1 saturated heterocycles. The molecule has 2 N–H and O–H groups in total. The van der Waals surface area contributed by atoms with Crippen LogP contribution in [0.5, 0.6) is 0 Å². The van der Waals surface area contributed by atoms with E-state index in [0.29, 0.717) is 30.8 Å². The fraction of sp³-hybridized carbons (Fsp3) is 0.615. The number of thiazole rings is 1. The van der Waals surface area contributed by atoms with Gasteiger partial charge in [0.05, 0.1) is 19.1 Å². The Balaban J connectivity index is 0.00000121. The van der Waals surface area contributed by atoms with Gasteiger partial charge in [-0.15, -0.1) is 36.2 Å². The van der Waals surface area contributed by atoms with Gasteiger partial charge in [-0.25, -0.2) is 4.98 Å². The molecule has 0 aliphatic carbocycles. The largest absolute Gasteiger partial charge is 0.338 e. The highest BCUT2D eigenvalue weighted by molar-refractivity contribution is 7.09. The number of hydrogen-bond donors (Lipinski definition) is 1. The zero-order chi connectivity index (χ0) is 13.9. The van der Waals surface area contributed by atoms with Crippen molar-refractivity contribution >= 4 is 36.2 Å². The van der Waals surface area contributed by atoms with Crippen molar-refractivity contribution in [3.8, 4) is 0 Å². The lowest BCUT2D eigenvalue weighted by Gasteiger charge is -2.33. The first kappa shape index (κ1) is 19.3. The second-order valence-electron chi connectivity index (χ2n) is 5.12. The van der Waals surface area contributed by atoms with Gasteiger partial charge in [-0.05, 0) is 26.3 Å². The van der Waals surface area contributed by atoms with E-state index in [-0.39, 0.29) is 24.8 Å². The van der Waals surface area contributed by atoms with Crippen LogP contribution in [0.2, 0.25) is 0 Å². The van der Waals surface area contributed by atoms with Crippen LogP contribution >= 0.6 is 36.2 Å². The Morgan fingerprint density at radius 3 is 2.82 bits per heavy atom. The molecule has 1 unspecified atom stereocenters. The summed E-state index contributed by atoms with van der Waals surface area (Å²) < 4.78 is 5.07. The van der Waals surface area contributed by atoms with Crippen LogP contribution in [-0.2, 0) is 13.1 Å². The second kappa shape index (κ2) is 8.79. The maximum Gasteiger partial charge on any atom is 0.240 e. The number of aryl methyl sites for hydroxylation is 1. The zero-order valence-corrected chi connectivity index (χ0v) is 14.8. The van der Waals surface area contributed by atoms with Gasteiger partial charge in [0.15, 0.2) is 5.82 Å². The fourth-order valence-electron chi connectivity index (χ4n) is 2.60. The summed E-state index contributed by atoms with van der Waals surface area (Å²) in [5, 5.41) is 7.30. The van der Waals surface area contributed by atoms with E-state index in [1.54, 1.807) is 11.3 Å². The summed E-state index contributed by atoms with van der Waals surface area (Å²) in [4.78, 5) is 11.3. The SMILES string of the molecule is Cc1csc(C2CCCCN2Cc2noc(CN)n2)n1.Cl.Cl. The highest BCUT2D eigenvalue weighted by Crippen LogP contribution is 2.33. The minimum atomic E-state index is 0. The quantitative estimate of drug-likeness (QED) is 0.896. The summed E-state index contributed by atoms with van der Waals surface area (Å²) in [6.07, 6.45) is 3.61. The summed E-state index contributed by atoms with van der Waals surface area (Å²) in [6.45, 7) is 4.09. The van der Waals surface area contributed by atoms with E-state index < -0.39 is 0 Å². The van der Waals surface area contributed by atoms with Crippen molar-refractivity contribution in [2.24, 2.45) is 5.73 Å². The third kappa shape index (κ3) is 4.39. The molecule has 1 aliphatic rings. The zero-order valence-electron chi connectivity index (χ0n) is 12.4. The smallest absolute Gasteiger partial charge is 0.240 e. The van der Waals surface area contributed by atoms with Gasteiger partial charge >= 0.3 is 0 Å². The predicted molar refractivity (Wildman–Crippen MR) is 90.5 cm³/mol. The standard InChI is InChI=1S/C13H19N5OS.2ClH/c1-9-8-20-13(15-9)10-4-2-3-5-18(10)7-11-16-12(6-14)19-17-11;;/h8,10H,2-7,14H2,1H3;2*1H. The molecule has 1 fully saturated rings. The van der Waals surface area contributed by atoms with E-state index >= 15 is 0 Å². The molecule has 0 saturated carbocycles. The number of hydrogen-bond acceptors (Lipinski definition) is 7. The molecular weight excluding hydrogens is 345 g/mol. The predicted octanol–water partition coefficient (Wildman–Crippen LogP) is 2.86. The monoisotopic (exact) mass is 365 g/mol. The van der Waals surface area contributed by atoms with E-state index in [1.165, 1.54) is 17.8 Å². The van der Waals surface area contributed by atoms with E-state index in [0.717, 1.165) is 18.7 Å². The van der Waals surface area contributed by atoms with Crippen LogP contribution in [-0.4, -0.2) is 26.6 Å². The fourth-order valence-corrected chi connectivity index (χ4v) is 3.57. The van der Waals surface area contributed by atoms with Crippen molar-refractivity contribution < 1.29 is 4.52 Å². The average molecular weight is 366 g/mol. The molecule has 0 radical (unpaired) electrons. The molecule has 9 heteroatoms. The maximum atomic E-state index is 5.50. The van der Waals surface area contributed by atoms with Crippen molar-refractivity contribution in [1.82, 2.24) is 20.0 Å². The topological polar surface area (TPSA) is 81.1 Å². The third-order valence-corrected chi connectivity index (χ3v) is 4.63. The maximum absolute atomic E-state index is 5.50. The molecule has 0 aromatic carbocycles. The lowest BCUT2D eigenvalue weighted by atomic mass is 10.0. The lowest BCUT2D eigenvalue weighted by molar-refractivity contribution is 0.135. The minimum Gasteiger partial charge on any atom is -0.338 e. The van der Waals surface area contributed by atoms with Crippen LogP contribution in [0.4, 0.5) is 0 Å². The van der Waals surface area contributed by atoms with Crippen molar-refractivity contribution in [1.29, 1.82) is 0 Å². The van der Waals surface area contributed by atoms with Crippen molar-refractivity contribution in [3.05, 3.63) is 27.8 Å². The summed E-state index contributed by atoms with van der Waals surface area (Å²) >= 11 is 1.74. The van der Waals surface area contributed by atoms with Gasteiger partial charge in [-0.1, -0.05) is 11.6 Å². The Labute approximate surface area is 146 Å². The highest BCUT2D eigenvalue weighted by atomic mass is 35.5. The molecular formula is C13H21Cl2N5OS. The van der Waals surface area contributed by atoms with Crippen molar-refractivity contribution in [3.63, 3.8) is 0 Å². The Bertz CT molecular complexity index is 576. The van der Waals surface area contributed by atoms with Gasteiger partial charge in [0.1, 0.15) is 5.01 Å². The minimum absolute atomic E-state index is 0. The van der Waals surface area contributed by atoms with Crippen LogP contribution in [0, 0.1) is 6.92 Å². The molecule has 3 heterocycles. The molecule has 124 valence electrons. The van der Waals surface area contributed by atoms with Gasteiger partial charge in [0.25, 0.3) is 0 Å². The van der Waals surface area contributed by atoms with Crippen LogP contribution in [0.3, 0.4) is 0 Å². The van der Waals surface area contributed by atoms with E-state index in [1.807, 2.05) is 6.92 Å². The normalized spacial score (nSPS) is 18.5. The van der Waals surface area contributed by atoms with Crippen molar-refractivity contribution in [2.75, 3.05) is 6.54 Å². The van der Waals surface area contributed by atoms with Crippen LogP contribution in [0.1, 0.15) is 47.7 Å². The Hall–Kier alpha value is -0.730. The molecule has 2 aromatic heterocycles. The first-order chi connectivity index (χ1) is 9.76. The molecule has 3 rings (SSSR count). The number of rotatable bonds is 4. The molecule has 1 atom stereocenters. The molecule has 0 spiro atoms. The number of halogens is 2. The van der Waals surface area contributed by atoms with E-state index in [4.69, 9.17) is 10.3 Å². The lowest BCUT2D eigenvalue weighted by Crippen LogP contribution is -2.33. The van der Waals surface area contributed by atoms with Crippen LogP contribution < -0.4 is 5.73 Å². The first-order valence-corrected chi connectivity index (χ1v) is 7.82. The summed E-state index contributed by atoms with van der Waals surface area (Å²) in [7, 11) is 0. The molecule has 0 bridgehead atoms. The molecule has 22 heavy (non-hydrogen) atoms. The second-order valence-corrected chi connectivity index (χ2v) is 6.01. The van der Waals surface area contributed by atoms with Crippen LogP contribution in [0.25, 0.3) is 0 Å². The number of likely N-dealkylation sites (tertiary alicyclic amines) is 1. The van der Waals surface area contributed by atoms with Gasteiger partial charge < -0.3 is 10.3 Å². The molecule has 2 aromatic rings. The molecule has 0 amide bonds. The summed E-state index contributed by atoms with van der Waals surface area (Å²) in [5.74, 6) is 1.21. The average Bonchev–Trinajstić information content (AvgIpc) is 3.08. The highest BCUT2D eigenvalue weighted by Gasteiger charge is 2.27. The van der Waals surface area contributed by atoms with Crippen LogP contribution in [0.15, 0.2) is 9.90 Å². The number of nitrogens with zero attached hydrogens (tertiary/aromatic N) is 4. The summed E-state index contributed by atoms with van der Waals surface area (Å²) in [5.41, 5.74) is 6.60. The summed E-state index contributed by atoms with van der Waals surface area (Å²) in [6, 6.07) is 0.377. The Morgan fingerprint density at radius 1 is 1.36 bits per heavy atom. The number of nitrogens with two attached hydrogens (primary N) is 1. The van der Waals surface area contributed by atoms with Gasteiger partial charge in [0, 0.05) is 11.1 Å². The van der Waals surface area contributed by atoms with E-state index in [9.17, 15) is 0 Å². The van der Waals surface area contributed by atoms with Crippen molar-refractivity contribution in [2.45, 2.75) is 45.3 Å².